The first kappa shape index (κ1) is 62.7. The molecule has 94 heavy (non-hydrogen) atoms. The van der Waals surface area contributed by atoms with Crippen LogP contribution in [0.3, 0.4) is 0 Å². The van der Waals surface area contributed by atoms with Gasteiger partial charge in [-0.05, 0) is 68.8 Å². The SMILES string of the molecule is CC(=O)OCc1c(OCc2ccccc2)cc(OCc2ccccc2)c2c1O[C@H](c1cc(OCc3ccccc3)c(OCc3ccccc3)c(OCc3ccccc3)c1)[C@H](OC(=O)c1cc(OCc3ccccc3)c(OCc3ccccc3)c(OCc3ccccc3)c1)C2. The average Bonchev–Trinajstić information content (AvgIpc) is 0.758. The topological polar surface area (TPSA) is 136 Å². The van der Waals surface area contributed by atoms with Crippen LogP contribution in [-0.2, 0) is 80.2 Å². The quantitative estimate of drug-likeness (QED) is 0.0412. The van der Waals surface area contributed by atoms with Crippen molar-refractivity contribution in [3.05, 3.63) is 340 Å². The number of hydrogen-bond acceptors (Lipinski definition) is 13. The van der Waals surface area contributed by atoms with Crippen LogP contribution < -0.4 is 42.6 Å². The molecule has 11 aromatic rings. The normalized spacial score (nSPS) is 13.0. The Morgan fingerprint density at radius 1 is 0.351 bits per heavy atom. The fourth-order valence-electron chi connectivity index (χ4n) is 10.7. The monoisotopic (exact) mass is 1250 g/mol. The van der Waals surface area contributed by atoms with Crippen LogP contribution in [-0.4, -0.2) is 18.0 Å². The summed E-state index contributed by atoms with van der Waals surface area (Å²) in [7, 11) is 0. The summed E-state index contributed by atoms with van der Waals surface area (Å²) < 4.78 is 74.4. The standard InChI is InChI=1S/C81H70O13/c1-57(82)84-56-69-71(86-49-59-28-12-3-13-29-59)47-70(85-48-58-26-10-2-11-27-58)68-46-76(93-81(83)67-44-74(89-52-62-34-18-6-19-35-62)80(92-55-65-40-24-9-25-41-65)75(45-67)90-53-63-36-20-7-21-37-63)77(94-78(68)69)66-42-72(87-50-60-30-14-4-15-31-60)79(91-54-64-38-22-8-23-39-64)73(43-66)88-51-61-32-16-5-17-33-61/h2-45,47,76-77H,46,48-56H2,1H3/t76-,77-/m1/s1. The van der Waals surface area contributed by atoms with Gasteiger partial charge in [0.2, 0.25) is 11.5 Å². The van der Waals surface area contributed by atoms with Crippen molar-refractivity contribution < 1.29 is 61.7 Å². The summed E-state index contributed by atoms with van der Waals surface area (Å²) >= 11 is 0. The maximum atomic E-state index is 15.8. The van der Waals surface area contributed by atoms with E-state index in [0.717, 1.165) is 44.5 Å². The second-order valence-electron chi connectivity index (χ2n) is 22.5. The molecule has 0 saturated carbocycles. The minimum Gasteiger partial charge on any atom is -0.488 e. The molecule has 12 rings (SSSR count). The summed E-state index contributed by atoms with van der Waals surface area (Å²) in [5.41, 5.74) is 8.77. The third-order valence-electron chi connectivity index (χ3n) is 15.6. The molecule has 0 unspecified atom stereocenters. The lowest BCUT2D eigenvalue weighted by Crippen LogP contribution is -2.35. The van der Waals surface area contributed by atoms with Crippen molar-refractivity contribution in [3.8, 4) is 51.7 Å². The first-order valence-electron chi connectivity index (χ1n) is 31.2. The van der Waals surface area contributed by atoms with Crippen LogP contribution in [0.5, 0.6) is 51.7 Å². The molecule has 2 atom stereocenters. The molecule has 0 fully saturated rings. The number of hydrogen-bond donors (Lipinski definition) is 0. The Morgan fingerprint density at radius 2 is 0.649 bits per heavy atom. The molecule has 11 aromatic carbocycles. The molecule has 0 N–H and O–H groups in total. The lowest BCUT2D eigenvalue weighted by molar-refractivity contribution is -0.142. The van der Waals surface area contributed by atoms with Crippen molar-refractivity contribution in [2.24, 2.45) is 0 Å². The molecule has 0 amide bonds. The Hall–Kier alpha value is -11.4. The van der Waals surface area contributed by atoms with Crippen LogP contribution >= 0.6 is 0 Å². The van der Waals surface area contributed by atoms with Gasteiger partial charge in [0.1, 0.15) is 82.8 Å². The number of carbonyl (C=O) groups is 2. The summed E-state index contributed by atoms with van der Waals surface area (Å²) in [6.07, 6.45) is -2.26. The van der Waals surface area contributed by atoms with Crippen LogP contribution in [0, 0.1) is 0 Å². The van der Waals surface area contributed by atoms with Gasteiger partial charge in [0.15, 0.2) is 29.1 Å². The van der Waals surface area contributed by atoms with E-state index in [-0.39, 0.29) is 82.9 Å². The van der Waals surface area contributed by atoms with Crippen LogP contribution in [0.4, 0.5) is 0 Å². The molecule has 13 nitrogen and oxygen atoms in total. The van der Waals surface area contributed by atoms with E-state index in [9.17, 15) is 4.79 Å². The van der Waals surface area contributed by atoms with Crippen molar-refractivity contribution in [3.63, 3.8) is 0 Å². The zero-order valence-corrected chi connectivity index (χ0v) is 52.0. The van der Waals surface area contributed by atoms with E-state index in [4.69, 9.17) is 52.1 Å². The number of carbonyl (C=O) groups excluding carboxylic acids is 2. The minimum absolute atomic E-state index is 0.0154. The van der Waals surface area contributed by atoms with Gasteiger partial charge in [-0.3, -0.25) is 4.79 Å². The molecule has 0 radical (unpaired) electrons. The Balaban J connectivity index is 1.02. The number of esters is 2. The summed E-state index contributed by atoms with van der Waals surface area (Å²) in [6.45, 7) is 2.37. The lowest BCUT2D eigenvalue weighted by atomic mass is 9.91. The second kappa shape index (κ2) is 31.5. The smallest absolute Gasteiger partial charge is 0.338 e. The van der Waals surface area contributed by atoms with E-state index in [1.54, 1.807) is 18.2 Å². The fourth-order valence-corrected chi connectivity index (χ4v) is 10.7. The molecule has 0 aromatic heterocycles. The van der Waals surface area contributed by atoms with Crippen LogP contribution in [0.1, 0.15) is 84.6 Å². The Bertz CT molecular complexity index is 4090. The fraction of sp³-hybridized carbons (Fsp3) is 0.160. The van der Waals surface area contributed by atoms with Gasteiger partial charge in [-0.15, -0.1) is 0 Å². The van der Waals surface area contributed by atoms with Gasteiger partial charge in [0, 0.05) is 30.5 Å². The van der Waals surface area contributed by atoms with Crippen LogP contribution in [0.25, 0.3) is 0 Å². The summed E-state index contributed by atoms with van der Waals surface area (Å²) in [5, 5.41) is 0. The average molecular weight is 1250 g/mol. The van der Waals surface area contributed by atoms with E-state index < -0.39 is 24.1 Å². The van der Waals surface area contributed by atoms with Gasteiger partial charge in [0.05, 0.1) is 11.1 Å². The van der Waals surface area contributed by atoms with Gasteiger partial charge < -0.3 is 52.1 Å². The van der Waals surface area contributed by atoms with Crippen molar-refractivity contribution in [1.82, 2.24) is 0 Å². The molecule has 13 heteroatoms. The van der Waals surface area contributed by atoms with E-state index in [1.165, 1.54) is 6.92 Å². The van der Waals surface area contributed by atoms with E-state index in [1.807, 2.05) is 255 Å². The van der Waals surface area contributed by atoms with E-state index >= 15 is 4.79 Å². The van der Waals surface area contributed by atoms with Crippen molar-refractivity contribution >= 4 is 11.9 Å². The second-order valence-corrected chi connectivity index (χ2v) is 22.5. The third kappa shape index (κ3) is 16.9. The van der Waals surface area contributed by atoms with Gasteiger partial charge in [-0.25, -0.2) is 4.79 Å². The highest BCUT2D eigenvalue weighted by Gasteiger charge is 2.40. The molecular weight excluding hydrogens is 1180 g/mol. The molecule has 0 spiro atoms. The summed E-state index contributed by atoms with van der Waals surface area (Å²) in [6, 6.07) is 87.0. The van der Waals surface area contributed by atoms with Crippen molar-refractivity contribution in [2.75, 3.05) is 0 Å². The Kier molecular flexibility index (Phi) is 21.0. The maximum absolute atomic E-state index is 15.8. The Morgan fingerprint density at radius 3 is 0.979 bits per heavy atom. The number of fused-ring (bicyclic) bond motifs is 1. The molecule has 0 aliphatic carbocycles. The number of rotatable bonds is 29. The molecular formula is C81H70O13. The van der Waals surface area contributed by atoms with Gasteiger partial charge in [-0.1, -0.05) is 243 Å². The first-order chi connectivity index (χ1) is 46.3. The molecule has 0 saturated heterocycles. The van der Waals surface area contributed by atoms with Crippen molar-refractivity contribution in [1.29, 1.82) is 0 Å². The molecule has 0 bridgehead atoms. The zero-order chi connectivity index (χ0) is 64.1. The van der Waals surface area contributed by atoms with E-state index in [2.05, 4.69) is 0 Å². The lowest BCUT2D eigenvalue weighted by Gasteiger charge is -2.36. The van der Waals surface area contributed by atoms with Gasteiger partial charge in [-0.2, -0.15) is 0 Å². The highest BCUT2D eigenvalue weighted by molar-refractivity contribution is 5.91. The maximum Gasteiger partial charge on any atom is 0.338 e. The van der Waals surface area contributed by atoms with Crippen LogP contribution in [0.2, 0.25) is 0 Å². The van der Waals surface area contributed by atoms with Crippen LogP contribution in [0.15, 0.2) is 273 Å². The highest BCUT2D eigenvalue weighted by atomic mass is 16.6. The van der Waals surface area contributed by atoms with E-state index in [0.29, 0.717) is 56.9 Å². The molecule has 1 heterocycles. The third-order valence-corrected chi connectivity index (χ3v) is 15.6. The summed E-state index contributed by atoms with van der Waals surface area (Å²) in [4.78, 5) is 28.7. The molecule has 472 valence electrons. The van der Waals surface area contributed by atoms with Gasteiger partial charge in [0.25, 0.3) is 0 Å². The first-order valence-corrected chi connectivity index (χ1v) is 31.2. The predicted molar refractivity (Wildman–Crippen MR) is 357 cm³/mol. The number of ether oxygens (including phenoxy) is 11. The minimum atomic E-state index is -1.14. The Labute approximate surface area is 547 Å². The molecule has 1 aliphatic heterocycles. The highest BCUT2D eigenvalue weighted by Crippen LogP contribution is 2.51. The van der Waals surface area contributed by atoms with Gasteiger partial charge >= 0.3 is 11.9 Å². The summed E-state index contributed by atoms with van der Waals surface area (Å²) in [5.74, 6) is 1.60. The zero-order valence-electron chi connectivity index (χ0n) is 52.0. The largest absolute Gasteiger partial charge is 0.488 e. The number of benzene rings is 11. The van der Waals surface area contributed by atoms with Crippen molar-refractivity contribution in [2.45, 2.75) is 85.0 Å². The predicted octanol–water partition coefficient (Wildman–Crippen LogP) is 17.3. The molecule has 1 aliphatic rings.